The first-order valence-corrected chi connectivity index (χ1v) is 9.16. The standard InChI is InChI=1S/C22H22N4O/c1-14(2)12-23-21-22-24-13-20(17-10-8-16(9-11-17)15(3)27)26(22)19-7-5-4-6-18(19)25-21/h4-11,13-14H,12H2,1-3H3,(H,23,25). The van der Waals surface area contributed by atoms with E-state index in [1.165, 1.54) is 0 Å². The molecule has 0 aliphatic carbocycles. The molecule has 2 heterocycles. The monoisotopic (exact) mass is 358 g/mol. The van der Waals surface area contributed by atoms with Gasteiger partial charge in [0.15, 0.2) is 17.2 Å². The highest BCUT2D eigenvalue weighted by molar-refractivity contribution is 5.94. The molecule has 0 aliphatic heterocycles. The van der Waals surface area contributed by atoms with Gasteiger partial charge in [-0.1, -0.05) is 50.2 Å². The second kappa shape index (κ2) is 6.83. The highest BCUT2D eigenvalue weighted by atomic mass is 16.1. The van der Waals surface area contributed by atoms with Crippen LogP contribution in [-0.2, 0) is 0 Å². The Morgan fingerprint density at radius 1 is 1.11 bits per heavy atom. The van der Waals surface area contributed by atoms with Gasteiger partial charge in [0.25, 0.3) is 0 Å². The van der Waals surface area contributed by atoms with Crippen LogP contribution in [0.1, 0.15) is 31.1 Å². The summed E-state index contributed by atoms with van der Waals surface area (Å²) in [5.74, 6) is 1.36. The number of imidazole rings is 1. The van der Waals surface area contributed by atoms with E-state index >= 15 is 0 Å². The van der Waals surface area contributed by atoms with Crippen LogP contribution in [0.15, 0.2) is 54.7 Å². The van der Waals surface area contributed by atoms with Crippen LogP contribution in [-0.4, -0.2) is 26.7 Å². The molecule has 0 fully saturated rings. The van der Waals surface area contributed by atoms with Crippen LogP contribution in [0.4, 0.5) is 5.82 Å². The first kappa shape index (κ1) is 17.2. The molecule has 2 aromatic carbocycles. The summed E-state index contributed by atoms with van der Waals surface area (Å²) in [5, 5.41) is 3.43. The predicted molar refractivity (Wildman–Crippen MR) is 109 cm³/mol. The summed E-state index contributed by atoms with van der Waals surface area (Å²) in [4.78, 5) is 21.0. The van der Waals surface area contributed by atoms with Gasteiger partial charge in [-0.05, 0) is 25.0 Å². The first-order valence-electron chi connectivity index (χ1n) is 9.16. The lowest BCUT2D eigenvalue weighted by Gasteiger charge is -2.12. The number of carbonyl (C=O) groups excluding carboxylic acids is 1. The van der Waals surface area contributed by atoms with Crippen molar-refractivity contribution in [2.75, 3.05) is 11.9 Å². The van der Waals surface area contributed by atoms with Gasteiger partial charge in [0.2, 0.25) is 0 Å². The number of ketones is 1. The molecule has 136 valence electrons. The molecule has 2 aromatic heterocycles. The van der Waals surface area contributed by atoms with Crippen LogP contribution < -0.4 is 5.32 Å². The molecule has 0 saturated carbocycles. The van der Waals surface area contributed by atoms with E-state index in [-0.39, 0.29) is 5.78 Å². The highest BCUT2D eigenvalue weighted by Crippen LogP contribution is 2.28. The molecule has 0 bridgehead atoms. The SMILES string of the molecule is CC(=O)c1ccc(-c2cnc3c(NCC(C)C)nc4ccccc4n23)cc1. The van der Waals surface area contributed by atoms with Crippen molar-refractivity contribution in [2.24, 2.45) is 5.92 Å². The maximum Gasteiger partial charge on any atom is 0.181 e. The Balaban J connectivity index is 1.93. The molecular weight excluding hydrogens is 336 g/mol. The minimum absolute atomic E-state index is 0.0644. The Labute approximate surface area is 158 Å². The second-order valence-corrected chi connectivity index (χ2v) is 7.16. The van der Waals surface area contributed by atoms with Crippen molar-refractivity contribution >= 4 is 28.3 Å². The lowest BCUT2D eigenvalue weighted by Crippen LogP contribution is -2.11. The molecule has 27 heavy (non-hydrogen) atoms. The van der Waals surface area contributed by atoms with Crippen molar-refractivity contribution in [3.8, 4) is 11.3 Å². The number of benzene rings is 2. The number of Topliss-reactive ketones (excluding diaryl/α,β-unsaturated/α-hetero) is 1. The molecule has 0 unspecified atom stereocenters. The molecular formula is C22H22N4O. The van der Waals surface area contributed by atoms with Crippen molar-refractivity contribution in [1.29, 1.82) is 0 Å². The van der Waals surface area contributed by atoms with Crippen molar-refractivity contribution in [1.82, 2.24) is 14.4 Å². The minimum Gasteiger partial charge on any atom is -0.367 e. The number of rotatable bonds is 5. The summed E-state index contributed by atoms with van der Waals surface area (Å²) in [7, 11) is 0. The number of hydrogen-bond acceptors (Lipinski definition) is 4. The maximum absolute atomic E-state index is 11.6. The molecule has 0 saturated heterocycles. The number of hydrogen-bond donors (Lipinski definition) is 1. The Bertz CT molecular complexity index is 1130. The molecule has 0 radical (unpaired) electrons. The van der Waals surface area contributed by atoms with E-state index in [4.69, 9.17) is 4.98 Å². The van der Waals surface area contributed by atoms with Gasteiger partial charge in [-0.3, -0.25) is 9.20 Å². The van der Waals surface area contributed by atoms with E-state index in [1.54, 1.807) is 6.92 Å². The quantitative estimate of drug-likeness (QED) is 0.520. The third-order valence-electron chi connectivity index (χ3n) is 4.59. The zero-order valence-electron chi connectivity index (χ0n) is 15.7. The highest BCUT2D eigenvalue weighted by Gasteiger charge is 2.15. The smallest absolute Gasteiger partial charge is 0.181 e. The number of para-hydroxylation sites is 2. The van der Waals surface area contributed by atoms with Crippen molar-refractivity contribution < 1.29 is 4.79 Å². The summed E-state index contributed by atoms with van der Waals surface area (Å²) < 4.78 is 2.13. The van der Waals surface area contributed by atoms with E-state index in [0.717, 1.165) is 40.3 Å². The number of nitrogens with one attached hydrogen (secondary N) is 1. The predicted octanol–water partition coefficient (Wildman–Crippen LogP) is 4.82. The van der Waals surface area contributed by atoms with E-state index in [2.05, 4.69) is 34.6 Å². The number of aromatic nitrogens is 3. The number of anilines is 1. The molecule has 0 spiro atoms. The number of carbonyl (C=O) groups is 1. The van der Waals surface area contributed by atoms with Crippen LogP contribution in [0, 0.1) is 5.92 Å². The summed E-state index contributed by atoms with van der Waals surface area (Å²) in [6.07, 6.45) is 1.87. The van der Waals surface area contributed by atoms with Gasteiger partial charge in [0, 0.05) is 17.7 Å². The topological polar surface area (TPSA) is 59.3 Å². The van der Waals surface area contributed by atoms with Gasteiger partial charge in [0.1, 0.15) is 0 Å². The Morgan fingerprint density at radius 3 is 2.56 bits per heavy atom. The minimum atomic E-state index is 0.0644. The largest absolute Gasteiger partial charge is 0.367 e. The summed E-state index contributed by atoms with van der Waals surface area (Å²) in [6, 6.07) is 15.7. The van der Waals surface area contributed by atoms with Gasteiger partial charge in [-0.15, -0.1) is 0 Å². The Morgan fingerprint density at radius 2 is 1.85 bits per heavy atom. The fraction of sp³-hybridized carbons (Fsp3) is 0.227. The third kappa shape index (κ3) is 3.16. The molecule has 4 rings (SSSR count). The third-order valence-corrected chi connectivity index (χ3v) is 4.59. The van der Waals surface area contributed by atoms with Crippen LogP contribution in [0.2, 0.25) is 0 Å². The number of nitrogens with zero attached hydrogens (tertiary/aromatic N) is 3. The molecule has 5 heteroatoms. The molecule has 0 aliphatic rings. The summed E-state index contributed by atoms with van der Waals surface area (Å²) in [5.41, 5.74) is 5.42. The van der Waals surface area contributed by atoms with E-state index in [0.29, 0.717) is 11.5 Å². The molecule has 0 amide bonds. The zero-order valence-corrected chi connectivity index (χ0v) is 15.7. The molecule has 5 nitrogen and oxygen atoms in total. The Hall–Kier alpha value is -3.21. The van der Waals surface area contributed by atoms with Crippen molar-refractivity contribution in [2.45, 2.75) is 20.8 Å². The molecule has 0 atom stereocenters. The fourth-order valence-electron chi connectivity index (χ4n) is 3.18. The maximum atomic E-state index is 11.6. The zero-order chi connectivity index (χ0) is 19.0. The van der Waals surface area contributed by atoms with Gasteiger partial charge in [-0.2, -0.15) is 0 Å². The fourth-order valence-corrected chi connectivity index (χ4v) is 3.18. The summed E-state index contributed by atoms with van der Waals surface area (Å²) >= 11 is 0. The number of fused-ring (bicyclic) bond motifs is 3. The van der Waals surface area contributed by atoms with Crippen molar-refractivity contribution in [3.63, 3.8) is 0 Å². The Kier molecular flexibility index (Phi) is 4.36. The molecule has 1 N–H and O–H groups in total. The lowest BCUT2D eigenvalue weighted by atomic mass is 10.1. The average Bonchev–Trinajstić information content (AvgIpc) is 3.11. The average molecular weight is 358 g/mol. The van der Waals surface area contributed by atoms with E-state index < -0.39 is 0 Å². The van der Waals surface area contributed by atoms with Crippen molar-refractivity contribution in [3.05, 3.63) is 60.3 Å². The van der Waals surface area contributed by atoms with Crippen LogP contribution in [0.5, 0.6) is 0 Å². The van der Waals surface area contributed by atoms with Gasteiger partial charge in [-0.25, -0.2) is 9.97 Å². The van der Waals surface area contributed by atoms with E-state index in [1.807, 2.05) is 48.7 Å². The van der Waals surface area contributed by atoms with E-state index in [9.17, 15) is 4.79 Å². The van der Waals surface area contributed by atoms with Crippen LogP contribution in [0.25, 0.3) is 27.9 Å². The first-order chi connectivity index (χ1) is 13.0. The molecule has 4 aromatic rings. The van der Waals surface area contributed by atoms with Gasteiger partial charge >= 0.3 is 0 Å². The lowest BCUT2D eigenvalue weighted by molar-refractivity contribution is 0.101. The van der Waals surface area contributed by atoms with Gasteiger partial charge < -0.3 is 5.32 Å². The summed E-state index contributed by atoms with van der Waals surface area (Å²) in [6.45, 7) is 6.74. The van der Waals surface area contributed by atoms with Crippen LogP contribution >= 0.6 is 0 Å². The normalized spacial score (nSPS) is 11.4. The van der Waals surface area contributed by atoms with Gasteiger partial charge in [0.05, 0.1) is 22.9 Å². The second-order valence-electron chi connectivity index (χ2n) is 7.16. The van der Waals surface area contributed by atoms with Crippen LogP contribution in [0.3, 0.4) is 0 Å².